The Morgan fingerprint density at radius 2 is 1.89 bits per heavy atom. The van der Waals surface area contributed by atoms with Crippen LogP contribution in [0.5, 0.6) is 0 Å². The Bertz CT molecular complexity index is 1480. The van der Waals surface area contributed by atoms with Gasteiger partial charge in [-0.25, -0.2) is 4.99 Å². The maximum Gasteiger partial charge on any atom is 0.259 e. The number of allylic oxidation sites excluding steroid dienone is 1. The van der Waals surface area contributed by atoms with Crippen molar-refractivity contribution in [1.29, 1.82) is 0 Å². The van der Waals surface area contributed by atoms with Gasteiger partial charge in [-0.2, -0.15) is 0 Å². The lowest BCUT2D eigenvalue weighted by Crippen LogP contribution is -2.27. The summed E-state index contributed by atoms with van der Waals surface area (Å²) in [4.78, 5) is 19.9. The van der Waals surface area contributed by atoms with Gasteiger partial charge in [0.05, 0.1) is 5.56 Å². The van der Waals surface area contributed by atoms with Gasteiger partial charge in [-0.05, 0) is 61.3 Å². The number of amides is 1. The summed E-state index contributed by atoms with van der Waals surface area (Å²) in [6.07, 6.45) is 6.89. The lowest BCUT2D eigenvalue weighted by Gasteiger charge is -2.33. The van der Waals surface area contributed by atoms with Gasteiger partial charge in [-0.3, -0.25) is 4.79 Å². The summed E-state index contributed by atoms with van der Waals surface area (Å²) in [6, 6.07) is 18.1. The number of nitrogens with zero attached hydrogens (tertiary/aromatic N) is 2. The average Bonchev–Trinajstić information content (AvgIpc) is 3.37. The highest BCUT2D eigenvalue weighted by atomic mass is 32.1. The van der Waals surface area contributed by atoms with Gasteiger partial charge in [-0.1, -0.05) is 63.2 Å². The highest BCUT2D eigenvalue weighted by molar-refractivity contribution is 7.16. The van der Waals surface area contributed by atoms with Crippen molar-refractivity contribution < 1.29 is 4.79 Å². The van der Waals surface area contributed by atoms with Gasteiger partial charge in [0, 0.05) is 45.5 Å². The molecule has 4 aromatic rings. The van der Waals surface area contributed by atoms with Crippen molar-refractivity contribution in [2.75, 3.05) is 5.32 Å². The molecule has 5 heteroatoms. The maximum atomic E-state index is 13.6. The number of hydrogen-bond donors (Lipinski definition) is 1. The van der Waals surface area contributed by atoms with E-state index in [2.05, 4.69) is 68.4 Å². The first kappa shape index (κ1) is 25.2. The second-order valence-electron chi connectivity index (χ2n) is 11.0. The molecule has 0 saturated heterocycles. The van der Waals surface area contributed by atoms with Crippen LogP contribution in [0.3, 0.4) is 0 Å². The summed E-state index contributed by atoms with van der Waals surface area (Å²) < 4.78 is 2.26. The van der Waals surface area contributed by atoms with Gasteiger partial charge in [0.1, 0.15) is 5.00 Å². The molecule has 5 rings (SSSR count). The number of benzene rings is 2. The van der Waals surface area contributed by atoms with Gasteiger partial charge in [-0.15, -0.1) is 17.9 Å². The molecule has 1 N–H and O–H groups in total. The molecular weight excluding hydrogens is 474 g/mol. The topological polar surface area (TPSA) is 46.4 Å². The van der Waals surface area contributed by atoms with Gasteiger partial charge < -0.3 is 9.88 Å². The van der Waals surface area contributed by atoms with E-state index >= 15 is 0 Å². The van der Waals surface area contributed by atoms with Crippen LogP contribution in [0.2, 0.25) is 0 Å². The van der Waals surface area contributed by atoms with E-state index in [1.807, 2.05) is 42.6 Å². The number of fused-ring (bicyclic) bond motifs is 2. The van der Waals surface area contributed by atoms with E-state index in [1.54, 1.807) is 11.3 Å². The molecule has 0 spiro atoms. The number of aliphatic imine (C=N–C) groups is 1. The van der Waals surface area contributed by atoms with Crippen LogP contribution in [0.25, 0.3) is 10.9 Å². The summed E-state index contributed by atoms with van der Waals surface area (Å²) >= 11 is 1.69. The predicted octanol–water partition coefficient (Wildman–Crippen LogP) is 8.35. The Hall–Kier alpha value is -3.44. The fourth-order valence-electron chi connectivity index (χ4n) is 5.46. The number of aromatic nitrogens is 1. The second-order valence-corrected chi connectivity index (χ2v) is 12.1. The molecule has 1 aliphatic carbocycles. The van der Waals surface area contributed by atoms with Crippen LogP contribution in [-0.4, -0.2) is 16.7 Å². The van der Waals surface area contributed by atoms with E-state index in [0.717, 1.165) is 58.7 Å². The number of nitrogens with one attached hydrogen (secondary N) is 1. The minimum Gasteiger partial charge on any atom is -0.340 e. The van der Waals surface area contributed by atoms with Crippen LogP contribution in [-0.2, 0) is 19.4 Å². The molecule has 2 heterocycles. The van der Waals surface area contributed by atoms with E-state index in [1.165, 1.54) is 16.0 Å². The fourth-order valence-corrected chi connectivity index (χ4v) is 6.73. The second kappa shape index (κ2) is 10.1. The minimum atomic E-state index is -0.0733. The first-order chi connectivity index (χ1) is 17.8. The van der Waals surface area contributed by atoms with Crippen LogP contribution >= 0.6 is 11.3 Å². The molecule has 1 amide bonds. The van der Waals surface area contributed by atoms with Crippen LogP contribution < -0.4 is 5.32 Å². The number of rotatable bonds is 6. The van der Waals surface area contributed by atoms with Crippen molar-refractivity contribution in [3.05, 3.63) is 94.5 Å². The molecule has 1 aliphatic rings. The smallest absolute Gasteiger partial charge is 0.259 e. The first-order valence-corrected chi connectivity index (χ1v) is 13.8. The summed E-state index contributed by atoms with van der Waals surface area (Å²) in [5.41, 5.74) is 6.36. The van der Waals surface area contributed by atoms with Crippen molar-refractivity contribution >= 4 is 45.0 Å². The van der Waals surface area contributed by atoms with Gasteiger partial charge in [0.2, 0.25) is 0 Å². The van der Waals surface area contributed by atoms with Gasteiger partial charge in [0.15, 0.2) is 0 Å². The van der Waals surface area contributed by atoms with Crippen molar-refractivity contribution in [2.24, 2.45) is 16.3 Å². The molecule has 1 atom stereocenters. The van der Waals surface area contributed by atoms with E-state index < -0.39 is 0 Å². The number of para-hydroxylation sites is 2. The zero-order valence-electron chi connectivity index (χ0n) is 22.2. The van der Waals surface area contributed by atoms with Crippen LogP contribution in [0.15, 0.2) is 72.2 Å². The Morgan fingerprint density at radius 1 is 1.16 bits per heavy atom. The van der Waals surface area contributed by atoms with Gasteiger partial charge in [0.25, 0.3) is 5.91 Å². The number of carbonyl (C=O) groups excluding carboxylic acids is 1. The Morgan fingerprint density at radius 3 is 2.62 bits per heavy atom. The molecule has 190 valence electrons. The Kier molecular flexibility index (Phi) is 6.91. The first-order valence-electron chi connectivity index (χ1n) is 13.0. The number of thiophene rings is 1. The summed E-state index contributed by atoms with van der Waals surface area (Å²) in [5, 5.41) is 5.08. The standard InChI is InChI=1S/C32H35N3OS/c1-6-18-35-21(2)26(24-14-10-11-15-27(24)35)20-33-31-29(30(36)34-23-12-8-7-9-13-23)25-17-16-22(32(3,4)5)19-28(25)37-31/h6-15,20,22H,1,16-19H2,2-5H3,(H,34,36)/t22-/m1/s1. The molecule has 0 fully saturated rings. The van der Waals surface area contributed by atoms with Crippen molar-refractivity contribution in [2.45, 2.75) is 53.5 Å². The molecule has 0 aliphatic heterocycles. The molecule has 0 saturated carbocycles. The van der Waals surface area contributed by atoms with E-state index in [9.17, 15) is 4.79 Å². The molecular formula is C32H35N3OS. The quantitative estimate of drug-likeness (QED) is 0.206. The SMILES string of the molecule is C=CCn1c(C)c(C=Nc2sc3c(c2C(=O)Nc2ccccc2)CC[C@@H](C(C)(C)C)C3)c2ccccc21. The summed E-state index contributed by atoms with van der Waals surface area (Å²) in [7, 11) is 0. The average molecular weight is 510 g/mol. The molecule has 2 aromatic heterocycles. The van der Waals surface area contributed by atoms with Crippen molar-refractivity contribution in [1.82, 2.24) is 4.57 Å². The summed E-state index contributed by atoms with van der Waals surface area (Å²) in [5.74, 6) is 0.524. The number of carbonyl (C=O) groups is 1. The Labute approximate surface area is 223 Å². The van der Waals surface area contributed by atoms with E-state index in [0.29, 0.717) is 5.92 Å². The third kappa shape index (κ3) is 4.93. The molecule has 2 aromatic carbocycles. The third-order valence-electron chi connectivity index (χ3n) is 7.63. The van der Waals surface area contributed by atoms with Crippen LogP contribution in [0.1, 0.15) is 59.2 Å². The van der Waals surface area contributed by atoms with E-state index in [4.69, 9.17) is 4.99 Å². The fraction of sp³-hybridized carbons (Fsp3) is 0.312. The maximum absolute atomic E-state index is 13.6. The van der Waals surface area contributed by atoms with Gasteiger partial charge >= 0.3 is 0 Å². The lowest BCUT2D eigenvalue weighted by molar-refractivity contribution is 0.102. The highest BCUT2D eigenvalue weighted by Crippen LogP contribution is 2.45. The predicted molar refractivity (Wildman–Crippen MR) is 158 cm³/mol. The molecule has 0 radical (unpaired) electrons. The van der Waals surface area contributed by atoms with E-state index in [-0.39, 0.29) is 11.3 Å². The monoisotopic (exact) mass is 509 g/mol. The third-order valence-corrected chi connectivity index (χ3v) is 8.79. The van der Waals surface area contributed by atoms with Crippen LogP contribution in [0, 0.1) is 18.3 Å². The normalized spacial score (nSPS) is 15.7. The lowest BCUT2D eigenvalue weighted by atomic mass is 9.72. The number of hydrogen-bond acceptors (Lipinski definition) is 3. The zero-order chi connectivity index (χ0) is 26.2. The van der Waals surface area contributed by atoms with Crippen molar-refractivity contribution in [3.8, 4) is 0 Å². The number of anilines is 1. The largest absolute Gasteiger partial charge is 0.340 e. The van der Waals surface area contributed by atoms with Crippen molar-refractivity contribution in [3.63, 3.8) is 0 Å². The highest BCUT2D eigenvalue weighted by Gasteiger charge is 2.33. The molecule has 37 heavy (non-hydrogen) atoms. The minimum absolute atomic E-state index is 0.0733. The molecule has 0 unspecified atom stereocenters. The molecule has 0 bridgehead atoms. The summed E-state index contributed by atoms with van der Waals surface area (Å²) in [6.45, 7) is 13.8. The zero-order valence-corrected chi connectivity index (χ0v) is 23.0. The Balaban J connectivity index is 1.58. The molecule has 4 nitrogen and oxygen atoms in total. The van der Waals surface area contributed by atoms with Crippen LogP contribution in [0.4, 0.5) is 10.7 Å².